The fraction of sp³-hybridized carbons (Fsp3) is 0.467. The number of ether oxygens (including phenoxy) is 3. The van der Waals surface area contributed by atoms with E-state index in [9.17, 15) is 14.7 Å². The zero-order chi connectivity index (χ0) is 26.6. The van der Waals surface area contributed by atoms with Gasteiger partial charge in [0.1, 0.15) is 23.4 Å². The molecule has 3 aliphatic heterocycles. The number of aliphatic hydroxyl groups excluding tert-OH is 1. The van der Waals surface area contributed by atoms with E-state index in [4.69, 9.17) is 14.2 Å². The summed E-state index contributed by atoms with van der Waals surface area (Å²) < 4.78 is 17.2. The Morgan fingerprint density at radius 2 is 1.92 bits per heavy atom. The predicted molar refractivity (Wildman–Crippen MR) is 143 cm³/mol. The van der Waals surface area contributed by atoms with E-state index < -0.39 is 17.7 Å². The van der Waals surface area contributed by atoms with Crippen molar-refractivity contribution in [2.24, 2.45) is 0 Å². The SMILES string of the molecule is CCCCOc1cccc([C@@H]2C(=C(O)c3ccc4c(c3)C[C@@H](C)O4)C(=O)C(=O)N2CCN2CCOCC2)c1. The number of carbonyl (C=O) groups is 2. The number of likely N-dealkylation sites (tertiary alicyclic amines) is 1. The van der Waals surface area contributed by atoms with Crippen molar-refractivity contribution in [2.45, 2.75) is 45.3 Å². The summed E-state index contributed by atoms with van der Waals surface area (Å²) in [4.78, 5) is 30.6. The molecule has 2 fully saturated rings. The highest BCUT2D eigenvalue weighted by atomic mass is 16.5. The van der Waals surface area contributed by atoms with Crippen molar-refractivity contribution in [3.63, 3.8) is 0 Å². The molecule has 0 unspecified atom stereocenters. The summed E-state index contributed by atoms with van der Waals surface area (Å²) in [7, 11) is 0. The van der Waals surface area contributed by atoms with Gasteiger partial charge in [0.05, 0.1) is 31.4 Å². The molecule has 8 heteroatoms. The second-order valence-electron chi connectivity index (χ2n) is 10.2. The van der Waals surface area contributed by atoms with Crippen LogP contribution in [0, 0.1) is 0 Å². The Balaban J connectivity index is 1.51. The average Bonchev–Trinajstić information content (AvgIpc) is 3.43. The van der Waals surface area contributed by atoms with Crippen LogP contribution < -0.4 is 9.47 Å². The number of amides is 1. The minimum absolute atomic E-state index is 0.0589. The van der Waals surface area contributed by atoms with Gasteiger partial charge < -0.3 is 24.2 Å². The number of rotatable bonds is 9. The lowest BCUT2D eigenvalue weighted by Gasteiger charge is -2.31. The molecule has 1 N–H and O–H groups in total. The zero-order valence-electron chi connectivity index (χ0n) is 22.2. The number of unbranched alkanes of at least 4 members (excludes halogenated alkanes) is 1. The molecule has 0 aromatic heterocycles. The molecule has 5 rings (SSSR count). The number of carbonyl (C=O) groups excluding carboxylic acids is 2. The molecular formula is C30H36N2O6. The van der Waals surface area contributed by atoms with Crippen molar-refractivity contribution < 1.29 is 28.9 Å². The van der Waals surface area contributed by atoms with Crippen LogP contribution in [0.25, 0.3) is 5.76 Å². The monoisotopic (exact) mass is 520 g/mol. The lowest BCUT2D eigenvalue weighted by molar-refractivity contribution is -0.140. The van der Waals surface area contributed by atoms with Gasteiger partial charge in [0.25, 0.3) is 11.7 Å². The highest BCUT2D eigenvalue weighted by Crippen LogP contribution is 2.41. The van der Waals surface area contributed by atoms with Crippen molar-refractivity contribution in [1.29, 1.82) is 0 Å². The second kappa shape index (κ2) is 11.6. The van der Waals surface area contributed by atoms with Crippen LogP contribution in [-0.2, 0) is 20.7 Å². The molecule has 38 heavy (non-hydrogen) atoms. The lowest BCUT2D eigenvalue weighted by atomic mass is 9.94. The van der Waals surface area contributed by atoms with Crippen LogP contribution >= 0.6 is 0 Å². The standard InChI is InChI=1S/C30H36N2O6/c1-3-4-14-37-24-7-5-6-21(19-24)27-26(28(33)22-8-9-25-23(18-22)17-20(2)38-25)29(34)30(35)32(27)11-10-31-12-15-36-16-13-31/h5-9,18-20,27,33H,3-4,10-17H2,1-2H3/t20-,27-/m1/s1. The van der Waals surface area contributed by atoms with Crippen LogP contribution in [0.1, 0.15) is 49.4 Å². The maximum atomic E-state index is 13.4. The number of hydrogen-bond acceptors (Lipinski definition) is 7. The first-order valence-corrected chi connectivity index (χ1v) is 13.6. The average molecular weight is 521 g/mol. The summed E-state index contributed by atoms with van der Waals surface area (Å²) in [6.07, 6.45) is 2.74. The first-order chi connectivity index (χ1) is 18.5. The van der Waals surface area contributed by atoms with Crippen LogP contribution in [0.4, 0.5) is 0 Å². The zero-order valence-corrected chi connectivity index (χ0v) is 22.2. The fourth-order valence-corrected chi connectivity index (χ4v) is 5.36. The molecule has 3 aliphatic rings. The third-order valence-corrected chi connectivity index (χ3v) is 7.41. The molecule has 0 saturated carbocycles. The topological polar surface area (TPSA) is 88.5 Å². The van der Waals surface area contributed by atoms with E-state index in [0.717, 1.165) is 49.2 Å². The molecule has 2 aromatic rings. The maximum absolute atomic E-state index is 13.4. The van der Waals surface area contributed by atoms with E-state index in [2.05, 4.69) is 11.8 Å². The summed E-state index contributed by atoms with van der Waals surface area (Å²) in [5.74, 6) is 0.0332. The number of Topliss-reactive ketones (excluding diaryl/α,β-unsaturated/α-hetero) is 1. The highest BCUT2D eigenvalue weighted by molar-refractivity contribution is 6.46. The Kier molecular flexibility index (Phi) is 8.00. The van der Waals surface area contributed by atoms with Gasteiger partial charge in [-0.15, -0.1) is 0 Å². The molecule has 0 spiro atoms. The van der Waals surface area contributed by atoms with Crippen molar-refractivity contribution in [3.8, 4) is 11.5 Å². The van der Waals surface area contributed by atoms with Gasteiger partial charge in [-0.3, -0.25) is 14.5 Å². The highest BCUT2D eigenvalue weighted by Gasteiger charge is 2.46. The van der Waals surface area contributed by atoms with Crippen LogP contribution in [-0.4, -0.2) is 78.7 Å². The molecule has 0 aliphatic carbocycles. The molecule has 2 aromatic carbocycles. The quantitative estimate of drug-likeness (QED) is 0.232. The first kappa shape index (κ1) is 26.3. The Hall–Kier alpha value is -3.36. The third kappa shape index (κ3) is 5.42. The van der Waals surface area contributed by atoms with E-state index in [1.165, 1.54) is 0 Å². The summed E-state index contributed by atoms with van der Waals surface area (Å²) in [6, 6.07) is 12.2. The Bertz CT molecular complexity index is 1220. The second-order valence-corrected chi connectivity index (χ2v) is 10.2. The van der Waals surface area contributed by atoms with E-state index in [1.54, 1.807) is 11.0 Å². The largest absolute Gasteiger partial charge is 0.507 e. The van der Waals surface area contributed by atoms with Gasteiger partial charge >= 0.3 is 0 Å². The van der Waals surface area contributed by atoms with Crippen molar-refractivity contribution in [1.82, 2.24) is 9.80 Å². The van der Waals surface area contributed by atoms with Crippen molar-refractivity contribution in [3.05, 3.63) is 64.7 Å². The Morgan fingerprint density at radius 1 is 1.11 bits per heavy atom. The number of aliphatic hydroxyl groups is 1. The molecular weight excluding hydrogens is 484 g/mol. The summed E-state index contributed by atoms with van der Waals surface area (Å²) in [5.41, 5.74) is 2.33. The van der Waals surface area contributed by atoms with Gasteiger partial charge in [-0.25, -0.2) is 0 Å². The van der Waals surface area contributed by atoms with Crippen molar-refractivity contribution >= 4 is 17.4 Å². The predicted octanol–water partition coefficient (Wildman–Crippen LogP) is 3.94. The Morgan fingerprint density at radius 3 is 2.71 bits per heavy atom. The summed E-state index contributed by atoms with van der Waals surface area (Å²) in [5, 5.41) is 11.5. The fourth-order valence-electron chi connectivity index (χ4n) is 5.36. The molecule has 2 saturated heterocycles. The van der Waals surface area contributed by atoms with Crippen LogP contribution in [0.2, 0.25) is 0 Å². The number of nitrogens with zero attached hydrogens (tertiary/aromatic N) is 2. The molecule has 3 heterocycles. The molecule has 8 nitrogen and oxygen atoms in total. The summed E-state index contributed by atoms with van der Waals surface area (Å²) >= 11 is 0. The van der Waals surface area contributed by atoms with Crippen molar-refractivity contribution in [2.75, 3.05) is 46.0 Å². The van der Waals surface area contributed by atoms with Crippen LogP contribution in [0.5, 0.6) is 11.5 Å². The van der Waals surface area contributed by atoms with E-state index in [0.29, 0.717) is 44.2 Å². The smallest absolute Gasteiger partial charge is 0.295 e. The lowest BCUT2D eigenvalue weighted by Crippen LogP contribution is -2.42. The maximum Gasteiger partial charge on any atom is 0.295 e. The van der Waals surface area contributed by atoms with Crippen LogP contribution in [0.3, 0.4) is 0 Å². The molecule has 1 amide bonds. The van der Waals surface area contributed by atoms with Gasteiger partial charge in [-0.05, 0) is 54.8 Å². The molecule has 0 bridgehead atoms. The molecule has 2 atom stereocenters. The number of ketones is 1. The molecule has 0 radical (unpaired) electrons. The van der Waals surface area contributed by atoms with Gasteiger partial charge in [0, 0.05) is 38.2 Å². The van der Waals surface area contributed by atoms with Crippen LogP contribution in [0.15, 0.2) is 48.0 Å². The first-order valence-electron chi connectivity index (χ1n) is 13.6. The number of hydrogen-bond donors (Lipinski definition) is 1. The normalized spacial score (nSPS) is 22.9. The molecule has 202 valence electrons. The third-order valence-electron chi connectivity index (χ3n) is 7.41. The van der Waals surface area contributed by atoms with Gasteiger partial charge in [0.2, 0.25) is 0 Å². The number of fused-ring (bicyclic) bond motifs is 1. The van der Waals surface area contributed by atoms with Gasteiger partial charge in [0.15, 0.2) is 0 Å². The number of benzene rings is 2. The Labute approximate surface area is 223 Å². The number of morpholine rings is 1. The van der Waals surface area contributed by atoms with E-state index >= 15 is 0 Å². The minimum Gasteiger partial charge on any atom is -0.507 e. The van der Waals surface area contributed by atoms with Gasteiger partial charge in [-0.1, -0.05) is 25.5 Å². The van der Waals surface area contributed by atoms with Gasteiger partial charge in [-0.2, -0.15) is 0 Å². The summed E-state index contributed by atoms with van der Waals surface area (Å²) in [6.45, 7) is 8.54. The minimum atomic E-state index is -0.714. The van der Waals surface area contributed by atoms with E-state index in [1.807, 2.05) is 43.3 Å². The van der Waals surface area contributed by atoms with E-state index in [-0.39, 0.29) is 17.4 Å².